The zero-order chi connectivity index (χ0) is 10.2. The molecule has 0 aromatic heterocycles. The average Bonchev–Trinajstić information content (AvgIpc) is 2.48. The van der Waals surface area contributed by atoms with Crippen molar-refractivity contribution in [1.29, 1.82) is 0 Å². The first-order valence-corrected chi connectivity index (χ1v) is 4.69. The van der Waals surface area contributed by atoms with Crippen LogP contribution in [-0.2, 0) is 10.3 Å². The molecule has 2 rings (SSSR count). The number of carbonyl (C=O) groups is 1. The molecule has 3 nitrogen and oxygen atoms in total. The van der Waals surface area contributed by atoms with Crippen molar-refractivity contribution in [2.24, 2.45) is 0 Å². The molecule has 0 aliphatic carbocycles. The summed E-state index contributed by atoms with van der Waals surface area (Å²) >= 11 is 6.03. The number of hydrogen-bond acceptors (Lipinski definition) is 2. The fourth-order valence-corrected chi connectivity index (χ4v) is 1.91. The molecule has 0 saturated carbocycles. The Hall–Kier alpha value is -1.22. The summed E-state index contributed by atoms with van der Waals surface area (Å²) in [5, 5.41) is 3.38. The second kappa shape index (κ2) is 3.17. The number of amides is 1. The lowest BCUT2D eigenvalue weighted by Crippen LogP contribution is -2.37. The smallest absolute Gasteiger partial charge is 0.408 e. The molecule has 1 aromatic carbocycles. The van der Waals surface area contributed by atoms with E-state index in [2.05, 4.69) is 5.32 Å². The third-order valence-corrected chi connectivity index (χ3v) is 2.67. The molecule has 1 aliphatic rings. The van der Waals surface area contributed by atoms with Crippen molar-refractivity contribution >= 4 is 17.7 Å². The van der Waals surface area contributed by atoms with Crippen LogP contribution in [0.3, 0.4) is 0 Å². The normalized spacial score (nSPS) is 25.7. The van der Waals surface area contributed by atoms with Crippen LogP contribution in [0.5, 0.6) is 0 Å². The maximum atomic E-state index is 11.0. The molecule has 74 valence electrons. The van der Waals surface area contributed by atoms with Crippen LogP contribution in [0.4, 0.5) is 4.79 Å². The van der Waals surface area contributed by atoms with Crippen LogP contribution in [0.25, 0.3) is 0 Å². The molecule has 1 amide bonds. The lowest BCUT2D eigenvalue weighted by molar-refractivity contribution is 0.173. The molecule has 1 atom stereocenters. The highest BCUT2D eigenvalue weighted by Gasteiger charge is 2.37. The molecule has 0 radical (unpaired) electrons. The fourth-order valence-electron chi connectivity index (χ4n) is 1.56. The minimum Gasteiger partial charge on any atom is -0.447 e. The SMILES string of the molecule is C[C@@]1(c2ccccc2Cl)COC(=O)N1. The summed E-state index contributed by atoms with van der Waals surface area (Å²) < 4.78 is 4.87. The first-order valence-electron chi connectivity index (χ1n) is 4.32. The van der Waals surface area contributed by atoms with Crippen molar-refractivity contribution in [2.75, 3.05) is 6.61 Å². The van der Waals surface area contributed by atoms with E-state index in [4.69, 9.17) is 16.3 Å². The molecule has 1 heterocycles. The Morgan fingerprint density at radius 2 is 2.21 bits per heavy atom. The van der Waals surface area contributed by atoms with Gasteiger partial charge in [0.1, 0.15) is 12.1 Å². The number of nitrogens with one attached hydrogen (secondary N) is 1. The standard InChI is InChI=1S/C10H10ClNO2/c1-10(6-14-9(13)12-10)7-4-2-3-5-8(7)11/h2-5H,6H2,1H3,(H,12,13)/t10-/m0/s1. The van der Waals surface area contributed by atoms with E-state index in [1.807, 2.05) is 25.1 Å². The summed E-state index contributed by atoms with van der Waals surface area (Å²) in [6.45, 7) is 2.20. The highest BCUT2D eigenvalue weighted by molar-refractivity contribution is 6.31. The molecule has 14 heavy (non-hydrogen) atoms. The van der Waals surface area contributed by atoms with Gasteiger partial charge >= 0.3 is 6.09 Å². The second-order valence-corrected chi connectivity index (χ2v) is 3.92. The van der Waals surface area contributed by atoms with Crippen LogP contribution in [0, 0.1) is 0 Å². The number of benzene rings is 1. The number of carbonyl (C=O) groups excluding carboxylic acids is 1. The zero-order valence-corrected chi connectivity index (χ0v) is 8.47. The van der Waals surface area contributed by atoms with E-state index < -0.39 is 11.6 Å². The monoisotopic (exact) mass is 211 g/mol. The van der Waals surface area contributed by atoms with Crippen molar-refractivity contribution in [1.82, 2.24) is 5.32 Å². The predicted octanol–water partition coefficient (Wildman–Crippen LogP) is 2.29. The van der Waals surface area contributed by atoms with Gasteiger partial charge in [0.2, 0.25) is 0 Å². The van der Waals surface area contributed by atoms with Gasteiger partial charge in [0, 0.05) is 5.02 Å². The highest BCUT2D eigenvalue weighted by Crippen LogP contribution is 2.30. The summed E-state index contributed by atoms with van der Waals surface area (Å²) in [6, 6.07) is 7.42. The van der Waals surface area contributed by atoms with E-state index >= 15 is 0 Å². The van der Waals surface area contributed by atoms with Crippen LogP contribution >= 0.6 is 11.6 Å². The molecule has 1 aromatic rings. The van der Waals surface area contributed by atoms with Crippen LogP contribution in [0.15, 0.2) is 24.3 Å². The summed E-state index contributed by atoms with van der Waals surface area (Å²) in [5.41, 5.74) is 0.377. The molecule has 0 bridgehead atoms. The summed E-state index contributed by atoms with van der Waals surface area (Å²) in [5.74, 6) is 0. The quantitative estimate of drug-likeness (QED) is 0.774. The topological polar surface area (TPSA) is 38.3 Å². The molecule has 0 spiro atoms. The Morgan fingerprint density at radius 3 is 2.79 bits per heavy atom. The van der Waals surface area contributed by atoms with Gasteiger partial charge in [-0.3, -0.25) is 0 Å². The zero-order valence-electron chi connectivity index (χ0n) is 7.71. The first kappa shape index (κ1) is 9.34. The van der Waals surface area contributed by atoms with E-state index in [9.17, 15) is 4.79 Å². The number of rotatable bonds is 1. The third-order valence-electron chi connectivity index (χ3n) is 2.34. The number of cyclic esters (lactones) is 1. The largest absolute Gasteiger partial charge is 0.447 e. The summed E-state index contributed by atoms with van der Waals surface area (Å²) in [4.78, 5) is 11.0. The Kier molecular flexibility index (Phi) is 2.11. The molecular weight excluding hydrogens is 202 g/mol. The van der Waals surface area contributed by atoms with Crippen molar-refractivity contribution < 1.29 is 9.53 Å². The van der Waals surface area contributed by atoms with Gasteiger partial charge in [0.05, 0.1) is 0 Å². The van der Waals surface area contributed by atoms with Crippen LogP contribution in [0.2, 0.25) is 5.02 Å². The molecule has 0 unspecified atom stereocenters. The number of alkyl carbamates (subject to hydrolysis) is 1. The highest BCUT2D eigenvalue weighted by atomic mass is 35.5. The molecule has 1 saturated heterocycles. The molecular formula is C10H10ClNO2. The van der Waals surface area contributed by atoms with Gasteiger partial charge in [-0.25, -0.2) is 4.79 Å². The van der Waals surface area contributed by atoms with Gasteiger partial charge in [-0.15, -0.1) is 0 Å². The third kappa shape index (κ3) is 1.44. The first-order chi connectivity index (χ1) is 6.62. The molecule has 1 fully saturated rings. The fraction of sp³-hybridized carbons (Fsp3) is 0.300. The van der Waals surface area contributed by atoms with Crippen LogP contribution in [0.1, 0.15) is 12.5 Å². The van der Waals surface area contributed by atoms with Gasteiger partial charge in [0.15, 0.2) is 0 Å². The molecule has 1 N–H and O–H groups in total. The minimum absolute atomic E-state index is 0.315. The molecule has 1 aliphatic heterocycles. The van der Waals surface area contributed by atoms with Crippen molar-refractivity contribution in [3.05, 3.63) is 34.9 Å². The van der Waals surface area contributed by atoms with Gasteiger partial charge in [0.25, 0.3) is 0 Å². The second-order valence-electron chi connectivity index (χ2n) is 3.51. The Labute approximate surface area is 87.0 Å². The van der Waals surface area contributed by atoms with Gasteiger partial charge in [-0.05, 0) is 18.6 Å². The average molecular weight is 212 g/mol. The van der Waals surface area contributed by atoms with E-state index in [1.165, 1.54) is 0 Å². The summed E-state index contributed by atoms with van der Waals surface area (Å²) in [6.07, 6.45) is -0.396. The van der Waals surface area contributed by atoms with Crippen LogP contribution < -0.4 is 5.32 Å². The van der Waals surface area contributed by atoms with E-state index in [0.29, 0.717) is 11.6 Å². The number of hydrogen-bond donors (Lipinski definition) is 1. The predicted molar refractivity (Wildman–Crippen MR) is 53.3 cm³/mol. The van der Waals surface area contributed by atoms with Gasteiger partial charge in [-0.1, -0.05) is 29.8 Å². The van der Waals surface area contributed by atoms with Gasteiger partial charge in [-0.2, -0.15) is 0 Å². The lowest BCUT2D eigenvalue weighted by Gasteiger charge is -2.22. The van der Waals surface area contributed by atoms with Gasteiger partial charge < -0.3 is 10.1 Å². The van der Waals surface area contributed by atoms with Crippen LogP contribution in [-0.4, -0.2) is 12.7 Å². The number of halogens is 1. The Balaban J connectivity index is 2.40. The van der Waals surface area contributed by atoms with E-state index in [0.717, 1.165) is 5.56 Å². The van der Waals surface area contributed by atoms with E-state index in [1.54, 1.807) is 6.07 Å². The molecule has 4 heteroatoms. The Morgan fingerprint density at radius 1 is 1.50 bits per heavy atom. The Bertz CT molecular complexity index is 380. The van der Waals surface area contributed by atoms with Crippen molar-refractivity contribution in [3.8, 4) is 0 Å². The van der Waals surface area contributed by atoms with Crippen molar-refractivity contribution in [2.45, 2.75) is 12.5 Å². The lowest BCUT2D eigenvalue weighted by atomic mass is 9.94. The maximum absolute atomic E-state index is 11.0. The summed E-state index contributed by atoms with van der Waals surface area (Å²) in [7, 11) is 0. The number of ether oxygens (including phenoxy) is 1. The van der Waals surface area contributed by atoms with Crippen molar-refractivity contribution in [3.63, 3.8) is 0 Å². The minimum atomic E-state index is -0.505. The van der Waals surface area contributed by atoms with E-state index in [-0.39, 0.29) is 0 Å². The maximum Gasteiger partial charge on any atom is 0.408 e.